The summed E-state index contributed by atoms with van der Waals surface area (Å²) in [6.45, 7) is 4.30. The molecule has 0 unspecified atom stereocenters. The molecule has 0 fully saturated rings. The summed E-state index contributed by atoms with van der Waals surface area (Å²) in [6, 6.07) is 11.6. The third-order valence-electron chi connectivity index (χ3n) is 3.42. The Kier molecular flexibility index (Phi) is 3.17. The highest BCUT2D eigenvalue weighted by Crippen LogP contribution is 2.28. The fraction of sp³-hybridized carbons (Fsp3) is 0.188. The Hall–Kier alpha value is -2.69. The van der Waals surface area contributed by atoms with Gasteiger partial charge in [0.25, 0.3) is 0 Å². The average molecular weight is 283 g/mol. The summed E-state index contributed by atoms with van der Waals surface area (Å²) in [4.78, 5) is 13.8. The molecule has 1 aromatic heterocycles. The molecule has 0 aliphatic rings. The summed E-state index contributed by atoms with van der Waals surface area (Å²) in [6.07, 6.45) is 0. The van der Waals surface area contributed by atoms with E-state index in [1.54, 1.807) is 12.1 Å². The van der Waals surface area contributed by atoms with Gasteiger partial charge in [0.1, 0.15) is 0 Å². The number of nitrogens with two attached hydrogens (primary N) is 1. The van der Waals surface area contributed by atoms with Gasteiger partial charge >= 0.3 is 5.76 Å². The van der Waals surface area contributed by atoms with Crippen molar-refractivity contribution in [1.29, 1.82) is 0 Å². The summed E-state index contributed by atoms with van der Waals surface area (Å²) < 4.78 is 4.99. The van der Waals surface area contributed by atoms with Gasteiger partial charge in [-0.05, 0) is 29.7 Å². The van der Waals surface area contributed by atoms with Crippen LogP contribution in [0.2, 0.25) is 0 Å². The Morgan fingerprint density at radius 3 is 2.81 bits per heavy atom. The van der Waals surface area contributed by atoms with Crippen LogP contribution >= 0.6 is 0 Å². The SMILES string of the molecule is CC(C)c1cccc(Nc2cc3[nH]c(=O)oc3cc2N)c1. The van der Waals surface area contributed by atoms with Crippen LogP contribution in [0.25, 0.3) is 11.1 Å². The van der Waals surface area contributed by atoms with E-state index in [4.69, 9.17) is 10.2 Å². The molecule has 0 aliphatic carbocycles. The van der Waals surface area contributed by atoms with E-state index in [-0.39, 0.29) is 0 Å². The van der Waals surface area contributed by atoms with Gasteiger partial charge in [-0.2, -0.15) is 0 Å². The number of fused-ring (bicyclic) bond motifs is 1. The van der Waals surface area contributed by atoms with Crippen LogP contribution in [0, 0.1) is 0 Å². The van der Waals surface area contributed by atoms with Gasteiger partial charge in [-0.15, -0.1) is 0 Å². The number of benzene rings is 2. The zero-order valence-electron chi connectivity index (χ0n) is 11.9. The number of oxazole rings is 1. The topological polar surface area (TPSA) is 84.0 Å². The van der Waals surface area contributed by atoms with E-state index in [2.05, 4.69) is 36.3 Å². The Labute approximate surface area is 121 Å². The van der Waals surface area contributed by atoms with Crippen molar-refractivity contribution in [3.8, 4) is 0 Å². The van der Waals surface area contributed by atoms with Crippen molar-refractivity contribution < 1.29 is 4.42 Å². The van der Waals surface area contributed by atoms with Crippen molar-refractivity contribution in [2.75, 3.05) is 11.1 Å². The molecule has 1 heterocycles. The summed E-state index contributed by atoms with van der Waals surface area (Å²) in [5.74, 6) is -0.0276. The smallest absolute Gasteiger partial charge is 0.408 e. The molecule has 0 spiro atoms. The molecular formula is C16H17N3O2. The van der Waals surface area contributed by atoms with Gasteiger partial charge in [0, 0.05) is 11.8 Å². The predicted octanol–water partition coefficient (Wildman–Crippen LogP) is 3.57. The van der Waals surface area contributed by atoms with E-state index in [9.17, 15) is 4.79 Å². The summed E-state index contributed by atoms with van der Waals surface area (Å²) in [5.41, 5.74) is 10.6. The fourth-order valence-corrected chi connectivity index (χ4v) is 2.25. The van der Waals surface area contributed by atoms with Crippen molar-refractivity contribution in [1.82, 2.24) is 4.98 Å². The lowest BCUT2D eigenvalue weighted by Gasteiger charge is -2.12. The number of H-pyrrole nitrogens is 1. The van der Waals surface area contributed by atoms with Gasteiger partial charge in [0.05, 0.1) is 16.9 Å². The second-order valence-electron chi connectivity index (χ2n) is 5.36. The minimum absolute atomic E-state index is 0.455. The van der Waals surface area contributed by atoms with Crippen molar-refractivity contribution in [3.05, 3.63) is 52.5 Å². The van der Waals surface area contributed by atoms with Crippen LogP contribution in [0.4, 0.5) is 17.1 Å². The molecule has 0 amide bonds. The van der Waals surface area contributed by atoms with E-state index in [1.165, 1.54) is 5.56 Å². The van der Waals surface area contributed by atoms with Crippen molar-refractivity contribution in [2.45, 2.75) is 19.8 Å². The molecule has 0 saturated heterocycles. The molecule has 21 heavy (non-hydrogen) atoms. The molecule has 4 N–H and O–H groups in total. The quantitative estimate of drug-likeness (QED) is 0.641. The number of anilines is 3. The lowest BCUT2D eigenvalue weighted by Crippen LogP contribution is -1.97. The molecule has 0 bridgehead atoms. The van der Waals surface area contributed by atoms with Crippen LogP contribution in [0.5, 0.6) is 0 Å². The van der Waals surface area contributed by atoms with Gasteiger partial charge in [0.2, 0.25) is 0 Å². The Morgan fingerprint density at radius 1 is 1.24 bits per heavy atom. The van der Waals surface area contributed by atoms with Crippen LogP contribution in [0.3, 0.4) is 0 Å². The van der Waals surface area contributed by atoms with Gasteiger partial charge in [0.15, 0.2) is 5.58 Å². The van der Waals surface area contributed by atoms with Gasteiger partial charge < -0.3 is 15.5 Å². The lowest BCUT2D eigenvalue weighted by atomic mass is 10.0. The third kappa shape index (κ3) is 2.63. The number of nitrogens with one attached hydrogen (secondary N) is 2. The number of hydrogen-bond donors (Lipinski definition) is 3. The lowest BCUT2D eigenvalue weighted by molar-refractivity contribution is 0.555. The standard InChI is InChI=1S/C16H17N3O2/c1-9(2)10-4-3-5-11(6-10)18-13-8-14-15(7-12(13)17)21-16(20)19-14/h3-9,18H,17H2,1-2H3,(H,19,20). The first-order chi connectivity index (χ1) is 10.0. The molecule has 108 valence electrons. The second-order valence-corrected chi connectivity index (χ2v) is 5.36. The number of hydrogen-bond acceptors (Lipinski definition) is 4. The van der Waals surface area contributed by atoms with E-state index >= 15 is 0 Å². The number of rotatable bonds is 3. The van der Waals surface area contributed by atoms with Crippen molar-refractivity contribution in [2.24, 2.45) is 0 Å². The summed E-state index contributed by atoms with van der Waals surface area (Å²) in [7, 11) is 0. The maximum Gasteiger partial charge on any atom is 0.417 e. The highest BCUT2D eigenvalue weighted by Gasteiger charge is 2.08. The maximum absolute atomic E-state index is 11.2. The van der Waals surface area contributed by atoms with Gasteiger partial charge in [-0.1, -0.05) is 26.0 Å². The molecular weight excluding hydrogens is 266 g/mol. The highest BCUT2D eigenvalue weighted by atomic mass is 16.4. The number of aromatic nitrogens is 1. The molecule has 5 heteroatoms. The van der Waals surface area contributed by atoms with Crippen LogP contribution in [0.1, 0.15) is 25.3 Å². The Bertz CT molecular complexity index is 846. The van der Waals surface area contributed by atoms with Crippen molar-refractivity contribution in [3.63, 3.8) is 0 Å². The maximum atomic E-state index is 11.2. The third-order valence-corrected chi connectivity index (χ3v) is 3.42. The highest BCUT2D eigenvalue weighted by molar-refractivity contribution is 5.87. The molecule has 3 aromatic rings. The van der Waals surface area contributed by atoms with Crippen molar-refractivity contribution >= 4 is 28.2 Å². The van der Waals surface area contributed by atoms with Crippen LogP contribution in [-0.4, -0.2) is 4.98 Å². The normalized spacial score (nSPS) is 11.2. The minimum atomic E-state index is -0.483. The van der Waals surface area contributed by atoms with Crippen LogP contribution < -0.4 is 16.8 Å². The zero-order valence-corrected chi connectivity index (χ0v) is 11.9. The van der Waals surface area contributed by atoms with E-state index in [0.29, 0.717) is 22.7 Å². The zero-order chi connectivity index (χ0) is 15.0. The van der Waals surface area contributed by atoms with E-state index in [0.717, 1.165) is 11.4 Å². The molecule has 2 aromatic carbocycles. The first-order valence-corrected chi connectivity index (χ1v) is 6.82. The first kappa shape index (κ1) is 13.3. The van der Waals surface area contributed by atoms with Gasteiger partial charge in [-0.25, -0.2) is 4.79 Å². The average Bonchev–Trinajstić information content (AvgIpc) is 2.78. The van der Waals surface area contributed by atoms with Crippen LogP contribution in [-0.2, 0) is 0 Å². The van der Waals surface area contributed by atoms with Crippen LogP contribution in [0.15, 0.2) is 45.6 Å². The molecule has 0 atom stereocenters. The largest absolute Gasteiger partial charge is 0.417 e. The second kappa shape index (κ2) is 5.01. The summed E-state index contributed by atoms with van der Waals surface area (Å²) in [5, 5.41) is 3.28. The number of nitrogen functional groups attached to an aromatic ring is 1. The monoisotopic (exact) mass is 283 g/mol. The Balaban J connectivity index is 1.99. The number of aromatic amines is 1. The van der Waals surface area contributed by atoms with E-state index < -0.39 is 5.76 Å². The minimum Gasteiger partial charge on any atom is -0.408 e. The molecule has 0 radical (unpaired) electrons. The Morgan fingerprint density at radius 2 is 2.05 bits per heavy atom. The first-order valence-electron chi connectivity index (χ1n) is 6.82. The molecule has 5 nitrogen and oxygen atoms in total. The fourth-order valence-electron chi connectivity index (χ4n) is 2.25. The molecule has 0 aliphatic heterocycles. The van der Waals surface area contributed by atoms with E-state index in [1.807, 2.05) is 12.1 Å². The van der Waals surface area contributed by atoms with Gasteiger partial charge in [-0.3, -0.25) is 4.98 Å². The summed E-state index contributed by atoms with van der Waals surface area (Å²) >= 11 is 0. The molecule has 3 rings (SSSR count). The molecule has 0 saturated carbocycles. The predicted molar refractivity (Wildman–Crippen MR) is 85.1 cm³/mol.